The number of carbonyl (C=O) groups excluding carboxylic acids is 1. The quantitative estimate of drug-likeness (QED) is 0.619. The number of primary amides is 1. The van der Waals surface area contributed by atoms with Crippen molar-refractivity contribution < 1.29 is 9.21 Å². The topological polar surface area (TPSA) is 88.5 Å². The van der Waals surface area contributed by atoms with Crippen LogP contribution in [-0.2, 0) is 0 Å². The zero-order chi connectivity index (χ0) is 20.0. The van der Waals surface area contributed by atoms with Crippen LogP contribution in [0.5, 0.6) is 0 Å². The van der Waals surface area contributed by atoms with E-state index in [0.717, 1.165) is 18.5 Å². The molecule has 0 spiro atoms. The summed E-state index contributed by atoms with van der Waals surface area (Å²) in [6.45, 7) is 0. The molecule has 2 saturated heterocycles. The molecule has 2 aliphatic rings. The largest absolute Gasteiger partial charge is 0.423 e. The maximum Gasteiger partial charge on any atom is 0.303 e. The molecule has 0 saturated carbocycles. The Morgan fingerprint density at radius 3 is 2.45 bits per heavy atom. The highest BCUT2D eigenvalue weighted by Gasteiger charge is 2.40. The molecular weight excluding hydrogens is 437 g/mol. The number of hydrogen-bond donors (Lipinski definition) is 1. The van der Waals surface area contributed by atoms with E-state index in [9.17, 15) is 4.79 Å². The van der Waals surface area contributed by atoms with Crippen LogP contribution >= 0.6 is 24.8 Å². The molecule has 0 aliphatic carbocycles. The van der Waals surface area contributed by atoms with E-state index in [1.165, 1.54) is 19.3 Å². The number of oxazole rings is 1. The van der Waals surface area contributed by atoms with Gasteiger partial charge in [-0.15, -0.1) is 24.8 Å². The minimum atomic E-state index is -0.500. The Morgan fingerprint density at radius 2 is 1.81 bits per heavy atom. The SMILES string of the molecule is CN1C2CCCC1CC(N(c1ccncc1)c1nc3c(C(N)=O)cccc3o1)C2.Cl.Cl. The van der Waals surface area contributed by atoms with E-state index in [-0.39, 0.29) is 30.9 Å². The molecule has 166 valence electrons. The number of anilines is 2. The molecule has 3 aromatic rings. The number of benzene rings is 1. The van der Waals surface area contributed by atoms with Gasteiger partial charge in [0.15, 0.2) is 5.58 Å². The van der Waals surface area contributed by atoms with Crippen LogP contribution in [0.15, 0.2) is 47.1 Å². The number of para-hydroxylation sites is 1. The third-order valence-corrected chi connectivity index (χ3v) is 6.50. The number of fused-ring (bicyclic) bond motifs is 3. The van der Waals surface area contributed by atoms with Gasteiger partial charge >= 0.3 is 6.01 Å². The Kier molecular flexibility index (Phi) is 7.09. The van der Waals surface area contributed by atoms with Crippen molar-refractivity contribution in [3.63, 3.8) is 0 Å². The summed E-state index contributed by atoms with van der Waals surface area (Å²) in [6.07, 6.45) is 9.44. The predicted octanol–water partition coefficient (Wildman–Crippen LogP) is 4.32. The predicted molar refractivity (Wildman–Crippen MR) is 126 cm³/mol. The summed E-state index contributed by atoms with van der Waals surface area (Å²) in [5, 5.41) is 0. The maximum absolute atomic E-state index is 11.8. The molecule has 2 atom stereocenters. The fraction of sp³-hybridized carbons (Fsp3) is 0.409. The number of aromatic nitrogens is 2. The van der Waals surface area contributed by atoms with Gasteiger partial charge in [0.2, 0.25) is 0 Å². The molecule has 2 N–H and O–H groups in total. The molecule has 1 amide bonds. The number of hydrogen-bond acceptors (Lipinski definition) is 6. The van der Waals surface area contributed by atoms with Gasteiger partial charge in [0, 0.05) is 36.2 Å². The number of nitrogens with zero attached hydrogens (tertiary/aromatic N) is 4. The second-order valence-electron chi connectivity index (χ2n) is 8.12. The van der Waals surface area contributed by atoms with Crippen molar-refractivity contribution in [3.05, 3.63) is 48.3 Å². The molecule has 5 rings (SSSR count). The Bertz CT molecular complexity index is 1030. The monoisotopic (exact) mass is 463 g/mol. The minimum absolute atomic E-state index is 0. The number of nitrogens with two attached hydrogens (primary N) is 1. The van der Waals surface area contributed by atoms with Crippen molar-refractivity contribution in [2.24, 2.45) is 5.73 Å². The summed E-state index contributed by atoms with van der Waals surface area (Å²) in [5.41, 5.74) is 8.02. The fourth-order valence-electron chi connectivity index (χ4n) is 5.02. The number of carbonyl (C=O) groups is 1. The number of pyridine rings is 1. The first kappa shape index (κ1) is 23.3. The van der Waals surface area contributed by atoms with Gasteiger partial charge in [0.1, 0.15) is 5.52 Å². The summed E-state index contributed by atoms with van der Waals surface area (Å²) < 4.78 is 6.15. The van der Waals surface area contributed by atoms with Gasteiger partial charge in [-0.2, -0.15) is 4.98 Å². The van der Waals surface area contributed by atoms with Gasteiger partial charge in [0.05, 0.1) is 5.56 Å². The third kappa shape index (κ3) is 4.22. The van der Waals surface area contributed by atoms with Crippen LogP contribution in [0.2, 0.25) is 0 Å². The molecule has 2 unspecified atom stereocenters. The van der Waals surface area contributed by atoms with E-state index in [4.69, 9.17) is 15.1 Å². The maximum atomic E-state index is 11.8. The summed E-state index contributed by atoms with van der Waals surface area (Å²) in [4.78, 5) is 25.5. The Hall–Kier alpha value is -2.35. The number of halogens is 2. The molecule has 31 heavy (non-hydrogen) atoms. The normalized spacial score (nSPS) is 22.9. The summed E-state index contributed by atoms with van der Waals surface area (Å²) in [5.74, 6) is -0.500. The van der Waals surface area contributed by atoms with Gasteiger partial charge in [0.25, 0.3) is 5.91 Å². The lowest BCUT2D eigenvalue weighted by Crippen LogP contribution is -2.54. The van der Waals surface area contributed by atoms with Crippen LogP contribution in [0.4, 0.5) is 11.7 Å². The number of rotatable bonds is 4. The lowest BCUT2D eigenvalue weighted by atomic mass is 9.81. The molecule has 0 radical (unpaired) electrons. The van der Waals surface area contributed by atoms with E-state index in [0.29, 0.717) is 34.8 Å². The van der Waals surface area contributed by atoms with Crippen molar-refractivity contribution in [2.45, 2.75) is 50.2 Å². The van der Waals surface area contributed by atoms with Crippen LogP contribution in [0, 0.1) is 0 Å². The third-order valence-electron chi connectivity index (χ3n) is 6.50. The van der Waals surface area contributed by atoms with Crippen molar-refractivity contribution in [1.82, 2.24) is 14.9 Å². The molecule has 9 heteroatoms. The Morgan fingerprint density at radius 1 is 1.13 bits per heavy atom. The average Bonchev–Trinajstić information content (AvgIpc) is 3.13. The zero-order valence-electron chi connectivity index (χ0n) is 17.3. The minimum Gasteiger partial charge on any atom is -0.423 e. The first-order chi connectivity index (χ1) is 14.1. The molecule has 2 fully saturated rings. The molecule has 4 heterocycles. The summed E-state index contributed by atoms with van der Waals surface area (Å²) >= 11 is 0. The number of piperidine rings is 2. The Labute approximate surface area is 193 Å². The van der Waals surface area contributed by atoms with Crippen molar-refractivity contribution in [3.8, 4) is 0 Å². The van der Waals surface area contributed by atoms with Crippen molar-refractivity contribution >= 4 is 53.5 Å². The van der Waals surface area contributed by atoms with Gasteiger partial charge < -0.3 is 15.1 Å². The first-order valence-corrected chi connectivity index (χ1v) is 10.2. The summed E-state index contributed by atoms with van der Waals surface area (Å²) in [7, 11) is 2.25. The zero-order valence-corrected chi connectivity index (χ0v) is 18.9. The van der Waals surface area contributed by atoms with E-state index >= 15 is 0 Å². The second-order valence-corrected chi connectivity index (χ2v) is 8.12. The molecule has 7 nitrogen and oxygen atoms in total. The first-order valence-electron chi connectivity index (χ1n) is 10.2. The van der Waals surface area contributed by atoms with Crippen molar-refractivity contribution in [1.29, 1.82) is 0 Å². The van der Waals surface area contributed by atoms with E-state index in [2.05, 4.69) is 21.8 Å². The molecule has 2 aromatic heterocycles. The van der Waals surface area contributed by atoms with E-state index in [1.807, 2.05) is 18.2 Å². The molecular formula is C22H27Cl2N5O2. The van der Waals surface area contributed by atoms with Gasteiger partial charge in [-0.1, -0.05) is 12.5 Å². The Balaban J connectivity index is 0.00000136. The summed E-state index contributed by atoms with van der Waals surface area (Å²) in [6, 6.07) is 11.2. The lowest BCUT2D eigenvalue weighted by Gasteiger charge is -2.49. The number of amides is 1. The molecule has 2 aliphatic heterocycles. The van der Waals surface area contributed by atoms with Crippen molar-refractivity contribution in [2.75, 3.05) is 11.9 Å². The van der Waals surface area contributed by atoms with Crippen LogP contribution in [0.3, 0.4) is 0 Å². The van der Waals surface area contributed by atoms with Crippen LogP contribution < -0.4 is 10.6 Å². The highest BCUT2D eigenvalue weighted by atomic mass is 35.5. The highest BCUT2D eigenvalue weighted by Crippen LogP contribution is 2.40. The fourth-order valence-corrected chi connectivity index (χ4v) is 5.02. The highest BCUT2D eigenvalue weighted by molar-refractivity contribution is 6.03. The van der Waals surface area contributed by atoms with E-state index in [1.54, 1.807) is 24.5 Å². The van der Waals surface area contributed by atoms with Gasteiger partial charge in [-0.3, -0.25) is 14.7 Å². The average molecular weight is 464 g/mol. The lowest BCUT2D eigenvalue weighted by molar-refractivity contribution is 0.0563. The van der Waals surface area contributed by atoms with Crippen LogP contribution in [0.25, 0.3) is 11.1 Å². The van der Waals surface area contributed by atoms with Gasteiger partial charge in [-0.25, -0.2) is 0 Å². The van der Waals surface area contributed by atoms with Crippen LogP contribution in [0.1, 0.15) is 42.5 Å². The van der Waals surface area contributed by atoms with Crippen LogP contribution in [-0.4, -0.2) is 45.9 Å². The van der Waals surface area contributed by atoms with E-state index < -0.39 is 5.91 Å². The standard InChI is InChI=1S/C22H25N5O2.2ClH/c1-26-15-4-2-5-16(26)13-17(12-15)27(14-8-10-24-11-9-14)22-25-20-18(21(23)28)6-3-7-19(20)29-22;;/h3,6-11,15-17H,2,4-5,12-13H2,1H3,(H2,23,28);2*1H. The molecule has 2 bridgehead atoms. The smallest absolute Gasteiger partial charge is 0.303 e. The van der Waals surface area contributed by atoms with Gasteiger partial charge in [-0.05, 0) is 57.0 Å². The molecule has 1 aromatic carbocycles. The second kappa shape index (κ2) is 9.42.